The third-order valence-electron chi connectivity index (χ3n) is 4.06. The molecular weight excluding hydrogens is 390 g/mol. The van der Waals surface area contributed by atoms with E-state index >= 15 is 0 Å². The van der Waals surface area contributed by atoms with Crippen LogP contribution in [-0.2, 0) is 19.1 Å². The molecule has 162 valence electrons. The summed E-state index contributed by atoms with van der Waals surface area (Å²) < 4.78 is 10.5. The molecule has 9 nitrogen and oxygen atoms in total. The third kappa shape index (κ3) is 6.41. The average molecular weight is 417 g/mol. The Kier molecular flexibility index (Phi) is 7.71. The SMILES string of the molecule is CC(C)(C)OC(=O)N(/C=C1\N=C(c2ccccc2)OC1=O)[C@@H](CCCCN)C(=O)O. The smallest absolute Gasteiger partial charge is 0.415 e. The Hall–Kier alpha value is -3.20. The van der Waals surface area contributed by atoms with Gasteiger partial charge in [-0.1, -0.05) is 18.2 Å². The first kappa shape index (κ1) is 23.1. The van der Waals surface area contributed by atoms with Crippen LogP contribution in [0.25, 0.3) is 0 Å². The number of carbonyl (C=O) groups excluding carboxylic acids is 2. The maximum atomic E-state index is 12.8. The second-order valence-electron chi connectivity index (χ2n) is 7.71. The van der Waals surface area contributed by atoms with Crippen molar-refractivity contribution in [2.24, 2.45) is 10.7 Å². The first-order chi connectivity index (χ1) is 14.1. The number of carboxylic acid groups (broad SMARTS) is 1. The predicted octanol–water partition coefficient (Wildman–Crippen LogP) is 2.65. The fourth-order valence-corrected chi connectivity index (χ4v) is 2.68. The van der Waals surface area contributed by atoms with Gasteiger partial charge in [-0.25, -0.2) is 19.4 Å². The van der Waals surface area contributed by atoms with Crippen molar-refractivity contribution < 1.29 is 29.0 Å². The number of carboxylic acids is 1. The van der Waals surface area contributed by atoms with E-state index in [1.54, 1.807) is 51.1 Å². The molecule has 1 aromatic rings. The van der Waals surface area contributed by atoms with Gasteiger partial charge < -0.3 is 20.3 Å². The van der Waals surface area contributed by atoms with Crippen LogP contribution >= 0.6 is 0 Å². The van der Waals surface area contributed by atoms with E-state index in [4.69, 9.17) is 15.2 Å². The van der Waals surface area contributed by atoms with Crippen LogP contribution in [0.5, 0.6) is 0 Å². The van der Waals surface area contributed by atoms with E-state index in [1.807, 2.05) is 0 Å². The number of ether oxygens (including phenoxy) is 2. The van der Waals surface area contributed by atoms with Crippen molar-refractivity contribution in [1.29, 1.82) is 0 Å². The Morgan fingerprint density at radius 3 is 2.50 bits per heavy atom. The molecule has 0 saturated heterocycles. The molecule has 1 atom stereocenters. The Bertz CT molecular complexity index is 842. The van der Waals surface area contributed by atoms with Crippen LogP contribution in [0, 0.1) is 0 Å². The molecule has 0 unspecified atom stereocenters. The van der Waals surface area contributed by atoms with Gasteiger partial charge >= 0.3 is 18.0 Å². The summed E-state index contributed by atoms with van der Waals surface area (Å²) in [7, 11) is 0. The van der Waals surface area contributed by atoms with Gasteiger partial charge in [-0.05, 0) is 58.7 Å². The van der Waals surface area contributed by atoms with Crippen molar-refractivity contribution in [3.8, 4) is 0 Å². The van der Waals surface area contributed by atoms with Crippen molar-refractivity contribution in [2.45, 2.75) is 51.7 Å². The second-order valence-corrected chi connectivity index (χ2v) is 7.71. The van der Waals surface area contributed by atoms with E-state index in [0.717, 1.165) is 11.1 Å². The van der Waals surface area contributed by atoms with Crippen LogP contribution in [-0.4, -0.2) is 52.1 Å². The summed E-state index contributed by atoms with van der Waals surface area (Å²) >= 11 is 0. The molecule has 0 spiro atoms. The van der Waals surface area contributed by atoms with E-state index in [0.29, 0.717) is 24.9 Å². The highest BCUT2D eigenvalue weighted by atomic mass is 16.6. The molecule has 1 amide bonds. The Morgan fingerprint density at radius 1 is 1.27 bits per heavy atom. The van der Waals surface area contributed by atoms with E-state index in [2.05, 4.69) is 4.99 Å². The van der Waals surface area contributed by atoms with Crippen LogP contribution < -0.4 is 5.73 Å². The van der Waals surface area contributed by atoms with Crippen LogP contribution in [0.3, 0.4) is 0 Å². The molecule has 0 bridgehead atoms. The number of hydrogen-bond acceptors (Lipinski definition) is 7. The van der Waals surface area contributed by atoms with Gasteiger partial charge in [0, 0.05) is 11.8 Å². The molecule has 30 heavy (non-hydrogen) atoms. The molecular formula is C21H27N3O6. The minimum absolute atomic E-state index is 0.0750. The average Bonchev–Trinajstić information content (AvgIpc) is 3.03. The number of unbranched alkanes of at least 4 members (excludes halogenated alkanes) is 1. The lowest BCUT2D eigenvalue weighted by atomic mass is 10.1. The van der Waals surface area contributed by atoms with Crippen molar-refractivity contribution >= 4 is 23.9 Å². The number of aliphatic imine (C=N–C) groups is 1. The molecule has 1 aliphatic rings. The lowest BCUT2D eigenvalue weighted by molar-refractivity contribution is -0.142. The highest BCUT2D eigenvalue weighted by Crippen LogP contribution is 2.21. The number of carbonyl (C=O) groups is 3. The molecule has 0 aromatic heterocycles. The van der Waals surface area contributed by atoms with Gasteiger partial charge in [-0.2, -0.15) is 0 Å². The molecule has 0 fully saturated rings. The van der Waals surface area contributed by atoms with Gasteiger partial charge in [-0.15, -0.1) is 0 Å². The second kappa shape index (κ2) is 10.0. The monoisotopic (exact) mass is 417 g/mol. The van der Waals surface area contributed by atoms with E-state index < -0.39 is 29.7 Å². The van der Waals surface area contributed by atoms with Gasteiger partial charge in [0.1, 0.15) is 11.6 Å². The normalized spacial score (nSPS) is 16.1. The Labute approximate surface area is 175 Å². The minimum atomic E-state index is -1.25. The summed E-state index contributed by atoms with van der Waals surface area (Å²) in [6.45, 7) is 5.39. The fraction of sp³-hybridized carbons (Fsp3) is 0.429. The van der Waals surface area contributed by atoms with Crippen LogP contribution in [0.15, 0.2) is 47.2 Å². The zero-order valence-corrected chi connectivity index (χ0v) is 17.3. The van der Waals surface area contributed by atoms with Crippen molar-refractivity contribution in [3.63, 3.8) is 0 Å². The van der Waals surface area contributed by atoms with E-state index in [1.165, 1.54) is 0 Å². The number of cyclic esters (lactones) is 1. The first-order valence-corrected chi connectivity index (χ1v) is 9.64. The standard InChI is InChI=1S/C21H27N3O6/c1-21(2,3)30-20(28)24(16(18(25)26)11-7-8-12-22)13-15-19(27)29-17(23-15)14-9-5-4-6-10-14/h4-6,9-10,13,16H,7-8,11-12,22H2,1-3H3,(H,25,26)/b15-13-/t16-/m0/s1. The summed E-state index contributed by atoms with van der Waals surface area (Å²) in [5.41, 5.74) is 5.02. The third-order valence-corrected chi connectivity index (χ3v) is 4.06. The fourth-order valence-electron chi connectivity index (χ4n) is 2.68. The van der Waals surface area contributed by atoms with Gasteiger partial charge in [0.05, 0.1) is 0 Å². The lowest BCUT2D eigenvalue weighted by Crippen LogP contribution is -2.44. The number of nitrogens with zero attached hydrogens (tertiary/aromatic N) is 2. The topological polar surface area (TPSA) is 132 Å². The van der Waals surface area contributed by atoms with Gasteiger partial charge in [0.15, 0.2) is 5.70 Å². The first-order valence-electron chi connectivity index (χ1n) is 9.64. The number of amides is 1. The lowest BCUT2D eigenvalue weighted by Gasteiger charge is -2.29. The molecule has 1 aliphatic heterocycles. The van der Waals surface area contributed by atoms with Crippen LogP contribution in [0.2, 0.25) is 0 Å². The molecule has 1 heterocycles. The van der Waals surface area contributed by atoms with Crippen molar-refractivity contribution in [1.82, 2.24) is 4.90 Å². The summed E-state index contributed by atoms with van der Waals surface area (Å²) in [5, 5.41) is 9.70. The van der Waals surface area contributed by atoms with E-state index in [-0.39, 0.29) is 18.0 Å². The zero-order valence-electron chi connectivity index (χ0n) is 17.3. The highest BCUT2D eigenvalue weighted by molar-refractivity contribution is 6.11. The number of benzene rings is 1. The van der Waals surface area contributed by atoms with Crippen LogP contribution in [0.1, 0.15) is 45.6 Å². The summed E-state index contributed by atoms with van der Waals surface area (Å²) in [6, 6.07) is 7.51. The number of hydrogen-bond donors (Lipinski definition) is 2. The largest absolute Gasteiger partial charge is 0.480 e. The summed E-state index contributed by atoms with van der Waals surface area (Å²) in [5.74, 6) is -1.94. The Morgan fingerprint density at radius 2 is 1.93 bits per heavy atom. The number of aliphatic carboxylic acids is 1. The Balaban J connectivity index is 2.39. The maximum absolute atomic E-state index is 12.8. The molecule has 3 N–H and O–H groups in total. The maximum Gasteiger partial charge on any atom is 0.415 e. The summed E-state index contributed by atoms with van der Waals surface area (Å²) in [4.78, 5) is 42.0. The van der Waals surface area contributed by atoms with Crippen molar-refractivity contribution in [3.05, 3.63) is 47.8 Å². The van der Waals surface area contributed by atoms with E-state index in [9.17, 15) is 19.5 Å². The number of nitrogens with two attached hydrogens (primary N) is 1. The van der Waals surface area contributed by atoms with Gasteiger partial charge in [0.25, 0.3) is 0 Å². The quantitative estimate of drug-likeness (QED) is 0.377. The number of esters is 1. The minimum Gasteiger partial charge on any atom is -0.480 e. The highest BCUT2D eigenvalue weighted by Gasteiger charge is 2.34. The molecule has 2 rings (SSSR count). The van der Waals surface area contributed by atoms with Crippen molar-refractivity contribution in [2.75, 3.05) is 6.54 Å². The molecule has 1 aromatic carbocycles. The van der Waals surface area contributed by atoms with Gasteiger partial charge in [0.2, 0.25) is 5.90 Å². The molecule has 9 heteroatoms. The molecule has 0 aliphatic carbocycles. The molecule has 0 radical (unpaired) electrons. The zero-order chi connectivity index (χ0) is 22.3. The van der Waals surface area contributed by atoms with Crippen LogP contribution in [0.4, 0.5) is 4.79 Å². The summed E-state index contributed by atoms with van der Waals surface area (Å²) in [6.07, 6.45) is 1.40. The number of rotatable bonds is 8. The molecule has 0 saturated carbocycles. The predicted molar refractivity (Wildman–Crippen MR) is 110 cm³/mol. The van der Waals surface area contributed by atoms with Gasteiger partial charge in [-0.3, -0.25) is 4.90 Å².